The molecule has 3 nitrogen and oxygen atoms in total. The van der Waals surface area contributed by atoms with Crippen molar-refractivity contribution in [2.45, 2.75) is 32.1 Å². The predicted molar refractivity (Wildman–Crippen MR) is 64.4 cm³/mol. The largest absolute Gasteiger partial charge is 0.396 e. The Bertz CT molecular complexity index is 184. The van der Waals surface area contributed by atoms with Crippen molar-refractivity contribution in [3.8, 4) is 0 Å². The molecular weight excluding hydrogens is 202 g/mol. The molecular formula is C13H25NO2. The van der Waals surface area contributed by atoms with Gasteiger partial charge >= 0.3 is 0 Å². The number of rotatable bonds is 4. The van der Waals surface area contributed by atoms with Crippen LogP contribution in [0.2, 0.25) is 0 Å². The second kappa shape index (κ2) is 6.58. The highest BCUT2D eigenvalue weighted by Gasteiger charge is 2.23. The number of aliphatic hydroxyl groups excluding tert-OH is 1. The van der Waals surface area contributed by atoms with Gasteiger partial charge in [0.2, 0.25) is 0 Å². The summed E-state index contributed by atoms with van der Waals surface area (Å²) in [5.74, 6) is 1.69. The fraction of sp³-hybridized carbons (Fsp3) is 1.00. The van der Waals surface area contributed by atoms with E-state index in [1.807, 2.05) is 0 Å². The van der Waals surface area contributed by atoms with Crippen molar-refractivity contribution in [2.75, 3.05) is 39.5 Å². The fourth-order valence-corrected chi connectivity index (χ4v) is 3.03. The van der Waals surface area contributed by atoms with Gasteiger partial charge in [-0.15, -0.1) is 0 Å². The molecule has 94 valence electrons. The number of morpholine rings is 1. The molecule has 0 spiro atoms. The molecule has 3 heteroatoms. The lowest BCUT2D eigenvalue weighted by molar-refractivity contribution is 0.0260. The number of hydrogen-bond acceptors (Lipinski definition) is 3. The average Bonchev–Trinajstić information content (AvgIpc) is 2.33. The van der Waals surface area contributed by atoms with E-state index in [-0.39, 0.29) is 0 Å². The van der Waals surface area contributed by atoms with Gasteiger partial charge in [-0.1, -0.05) is 12.8 Å². The van der Waals surface area contributed by atoms with E-state index in [0.717, 1.165) is 44.6 Å². The second-order valence-electron chi connectivity index (χ2n) is 5.31. The van der Waals surface area contributed by atoms with E-state index in [4.69, 9.17) is 9.84 Å². The van der Waals surface area contributed by atoms with E-state index < -0.39 is 0 Å². The zero-order valence-electron chi connectivity index (χ0n) is 10.2. The Morgan fingerprint density at radius 2 is 1.62 bits per heavy atom. The highest BCUT2D eigenvalue weighted by molar-refractivity contribution is 4.76. The van der Waals surface area contributed by atoms with Gasteiger partial charge in [0.05, 0.1) is 13.2 Å². The van der Waals surface area contributed by atoms with Crippen molar-refractivity contribution in [3.05, 3.63) is 0 Å². The van der Waals surface area contributed by atoms with E-state index in [1.54, 1.807) is 0 Å². The minimum atomic E-state index is 0.374. The summed E-state index contributed by atoms with van der Waals surface area (Å²) >= 11 is 0. The fourth-order valence-electron chi connectivity index (χ4n) is 3.03. The first-order valence-corrected chi connectivity index (χ1v) is 6.79. The third-order valence-corrected chi connectivity index (χ3v) is 4.12. The molecule has 1 N–H and O–H groups in total. The van der Waals surface area contributed by atoms with E-state index in [0.29, 0.717) is 6.61 Å². The lowest BCUT2D eigenvalue weighted by Gasteiger charge is -2.34. The number of ether oxygens (including phenoxy) is 1. The van der Waals surface area contributed by atoms with Gasteiger partial charge in [-0.2, -0.15) is 0 Å². The summed E-state index contributed by atoms with van der Waals surface area (Å²) < 4.78 is 5.37. The predicted octanol–water partition coefficient (Wildman–Crippen LogP) is 1.51. The molecule has 0 bridgehead atoms. The topological polar surface area (TPSA) is 32.7 Å². The Kier molecular flexibility index (Phi) is 5.07. The molecule has 2 aliphatic rings. The van der Waals surface area contributed by atoms with Crippen LogP contribution >= 0.6 is 0 Å². The number of aliphatic hydroxyl groups is 1. The third-order valence-electron chi connectivity index (χ3n) is 4.12. The Labute approximate surface area is 98.8 Å². The third kappa shape index (κ3) is 3.72. The van der Waals surface area contributed by atoms with E-state index >= 15 is 0 Å². The minimum Gasteiger partial charge on any atom is -0.396 e. The van der Waals surface area contributed by atoms with Gasteiger partial charge in [0.25, 0.3) is 0 Å². The summed E-state index contributed by atoms with van der Waals surface area (Å²) in [5, 5.41) is 8.92. The number of nitrogens with zero attached hydrogens (tertiary/aromatic N) is 1. The Balaban J connectivity index is 1.64. The van der Waals surface area contributed by atoms with Crippen LogP contribution in [0.15, 0.2) is 0 Å². The molecule has 1 saturated carbocycles. The van der Waals surface area contributed by atoms with Gasteiger partial charge in [-0.3, -0.25) is 4.90 Å². The van der Waals surface area contributed by atoms with Gasteiger partial charge in [0, 0.05) is 26.2 Å². The molecule has 16 heavy (non-hydrogen) atoms. The van der Waals surface area contributed by atoms with Crippen molar-refractivity contribution >= 4 is 0 Å². The minimum absolute atomic E-state index is 0.374. The highest BCUT2D eigenvalue weighted by Crippen LogP contribution is 2.31. The summed E-state index contributed by atoms with van der Waals surface area (Å²) in [6.45, 7) is 5.72. The Morgan fingerprint density at radius 1 is 1.00 bits per heavy atom. The van der Waals surface area contributed by atoms with Gasteiger partial charge in [-0.05, 0) is 31.1 Å². The molecule has 0 aromatic rings. The van der Waals surface area contributed by atoms with Crippen molar-refractivity contribution in [3.63, 3.8) is 0 Å². The molecule has 1 aliphatic carbocycles. The van der Waals surface area contributed by atoms with Crippen LogP contribution in [-0.4, -0.2) is 49.5 Å². The summed E-state index contributed by atoms with van der Waals surface area (Å²) in [6.07, 6.45) is 6.40. The first-order chi connectivity index (χ1) is 7.88. The van der Waals surface area contributed by atoms with E-state index in [1.165, 1.54) is 32.2 Å². The molecule has 0 unspecified atom stereocenters. The molecule has 0 radical (unpaired) electrons. The molecule has 1 heterocycles. The maximum Gasteiger partial charge on any atom is 0.0594 e. The van der Waals surface area contributed by atoms with Crippen molar-refractivity contribution in [1.82, 2.24) is 4.90 Å². The molecule has 2 fully saturated rings. The van der Waals surface area contributed by atoms with Crippen LogP contribution in [0, 0.1) is 11.8 Å². The summed E-state index contributed by atoms with van der Waals surface area (Å²) in [5.41, 5.74) is 0. The maximum absolute atomic E-state index is 8.92. The molecule has 2 rings (SSSR count). The summed E-state index contributed by atoms with van der Waals surface area (Å²) in [4.78, 5) is 2.56. The normalized spacial score (nSPS) is 32.8. The number of hydrogen-bond donors (Lipinski definition) is 1. The Hall–Kier alpha value is -0.120. The van der Waals surface area contributed by atoms with Crippen LogP contribution in [0.4, 0.5) is 0 Å². The smallest absolute Gasteiger partial charge is 0.0594 e. The zero-order chi connectivity index (χ0) is 11.2. The molecule has 0 aromatic carbocycles. The van der Waals surface area contributed by atoms with Gasteiger partial charge in [0.15, 0.2) is 0 Å². The average molecular weight is 227 g/mol. The van der Waals surface area contributed by atoms with Crippen LogP contribution in [0.5, 0.6) is 0 Å². The van der Waals surface area contributed by atoms with Crippen LogP contribution in [0.3, 0.4) is 0 Å². The molecule has 0 aromatic heterocycles. The van der Waals surface area contributed by atoms with Gasteiger partial charge in [-0.25, -0.2) is 0 Å². The Morgan fingerprint density at radius 3 is 2.25 bits per heavy atom. The van der Waals surface area contributed by atoms with E-state index in [2.05, 4.69) is 4.90 Å². The quantitative estimate of drug-likeness (QED) is 0.790. The summed E-state index contributed by atoms with van der Waals surface area (Å²) in [6, 6.07) is 0. The highest BCUT2D eigenvalue weighted by atomic mass is 16.5. The molecule has 1 aliphatic heterocycles. The zero-order valence-corrected chi connectivity index (χ0v) is 10.2. The van der Waals surface area contributed by atoms with E-state index in [9.17, 15) is 0 Å². The maximum atomic E-state index is 8.92. The lowest BCUT2D eigenvalue weighted by atomic mass is 9.80. The van der Waals surface area contributed by atoms with Crippen LogP contribution in [0.25, 0.3) is 0 Å². The van der Waals surface area contributed by atoms with Crippen molar-refractivity contribution in [1.29, 1.82) is 0 Å². The molecule has 0 amide bonds. The van der Waals surface area contributed by atoms with Gasteiger partial charge < -0.3 is 9.84 Å². The van der Waals surface area contributed by atoms with Crippen LogP contribution in [0.1, 0.15) is 32.1 Å². The van der Waals surface area contributed by atoms with Gasteiger partial charge in [0.1, 0.15) is 0 Å². The van der Waals surface area contributed by atoms with Crippen molar-refractivity contribution < 1.29 is 9.84 Å². The molecule has 1 saturated heterocycles. The molecule has 0 atom stereocenters. The lowest BCUT2D eigenvalue weighted by Crippen LogP contribution is -2.40. The summed E-state index contributed by atoms with van der Waals surface area (Å²) in [7, 11) is 0. The first-order valence-electron chi connectivity index (χ1n) is 6.79. The van der Waals surface area contributed by atoms with Crippen LogP contribution in [-0.2, 0) is 4.74 Å². The SMILES string of the molecule is OCCC1CCC(CN2CCOCC2)CC1. The second-order valence-corrected chi connectivity index (χ2v) is 5.31. The standard InChI is InChI=1S/C13H25NO2/c15-8-5-12-1-3-13(4-2-12)11-14-6-9-16-10-7-14/h12-13,15H,1-11H2. The monoisotopic (exact) mass is 227 g/mol. The van der Waals surface area contributed by atoms with Crippen molar-refractivity contribution in [2.24, 2.45) is 11.8 Å². The van der Waals surface area contributed by atoms with Crippen LogP contribution < -0.4 is 0 Å². The first kappa shape index (κ1) is 12.3.